The number of carbonyl (C=O) groups excluding carboxylic acids is 1. The van der Waals surface area contributed by atoms with Crippen molar-refractivity contribution < 1.29 is 13.9 Å². The zero-order chi connectivity index (χ0) is 15.2. The van der Waals surface area contributed by atoms with E-state index in [9.17, 15) is 4.79 Å². The Morgan fingerprint density at radius 3 is 2.95 bits per heavy atom. The number of rotatable bonds is 6. The largest absolute Gasteiger partial charge is 0.497 e. The number of oxazole rings is 1. The van der Waals surface area contributed by atoms with Crippen LogP contribution in [0.2, 0.25) is 0 Å². The molecule has 1 aromatic heterocycles. The molecule has 112 valence electrons. The van der Waals surface area contributed by atoms with Crippen LogP contribution in [0.15, 0.2) is 28.7 Å². The van der Waals surface area contributed by atoms with Gasteiger partial charge in [0.2, 0.25) is 0 Å². The van der Waals surface area contributed by atoms with Crippen molar-refractivity contribution in [2.45, 2.75) is 33.2 Å². The van der Waals surface area contributed by atoms with Crippen molar-refractivity contribution in [1.29, 1.82) is 0 Å². The molecule has 1 N–H and O–H groups in total. The van der Waals surface area contributed by atoms with E-state index in [1.807, 2.05) is 6.92 Å². The molecule has 1 heterocycles. The molecule has 0 aliphatic heterocycles. The molecule has 0 bridgehead atoms. The third kappa shape index (κ3) is 3.84. The van der Waals surface area contributed by atoms with Crippen LogP contribution in [0.1, 0.15) is 41.0 Å². The summed E-state index contributed by atoms with van der Waals surface area (Å²) in [6.45, 7) is 4.29. The second-order valence-electron chi connectivity index (χ2n) is 4.78. The van der Waals surface area contributed by atoms with Crippen molar-refractivity contribution in [2.75, 3.05) is 7.11 Å². The first kappa shape index (κ1) is 15.1. The summed E-state index contributed by atoms with van der Waals surface area (Å²) in [7, 11) is 1.57. The van der Waals surface area contributed by atoms with Crippen LogP contribution in [0.5, 0.6) is 5.75 Å². The van der Waals surface area contributed by atoms with Gasteiger partial charge in [0.05, 0.1) is 19.3 Å². The Hall–Kier alpha value is -2.30. The standard InChI is InChI=1S/C16H20N2O3/c1-4-6-15-18-11(2)14(21-15)10-17-16(19)12-7-5-8-13(9-12)20-3/h5,7-9H,4,6,10H2,1-3H3,(H,17,19). The summed E-state index contributed by atoms with van der Waals surface area (Å²) in [4.78, 5) is 16.4. The minimum absolute atomic E-state index is 0.165. The first-order chi connectivity index (χ1) is 10.1. The van der Waals surface area contributed by atoms with Crippen molar-refractivity contribution in [3.63, 3.8) is 0 Å². The van der Waals surface area contributed by atoms with E-state index in [0.29, 0.717) is 23.6 Å². The number of nitrogens with zero attached hydrogens (tertiary/aromatic N) is 1. The maximum absolute atomic E-state index is 12.1. The smallest absolute Gasteiger partial charge is 0.251 e. The number of hydrogen-bond donors (Lipinski definition) is 1. The third-order valence-electron chi connectivity index (χ3n) is 3.14. The molecule has 0 saturated carbocycles. The van der Waals surface area contributed by atoms with Gasteiger partial charge in [-0.3, -0.25) is 4.79 Å². The Labute approximate surface area is 124 Å². The highest BCUT2D eigenvalue weighted by Crippen LogP contribution is 2.14. The Morgan fingerprint density at radius 1 is 1.43 bits per heavy atom. The molecule has 0 spiro atoms. The second-order valence-corrected chi connectivity index (χ2v) is 4.78. The van der Waals surface area contributed by atoms with E-state index < -0.39 is 0 Å². The SMILES string of the molecule is CCCc1nc(C)c(CNC(=O)c2cccc(OC)c2)o1. The molecule has 0 atom stereocenters. The summed E-state index contributed by atoms with van der Waals surface area (Å²) >= 11 is 0. The van der Waals surface area contributed by atoms with Crippen LogP contribution in [0.25, 0.3) is 0 Å². The van der Waals surface area contributed by atoms with Gasteiger partial charge >= 0.3 is 0 Å². The fraction of sp³-hybridized carbons (Fsp3) is 0.375. The summed E-state index contributed by atoms with van der Waals surface area (Å²) < 4.78 is 10.7. The van der Waals surface area contributed by atoms with Crippen LogP contribution in [0.4, 0.5) is 0 Å². The highest BCUT2D eigenvalue weighted by atomic mass is 16.5. The molecule has 2 aromatic rings. The molecule has 1 aromatic carbocycles. The Balaban J connectivity index is 2.00. The first-order valence-corrected chi connectivity index (χ1v) is 7.01. The Morgan fingerprint density at radius 2 is 2.24 bits per heavy atom. The Bertz CT molecular complexity index is 620. The average Bonchev–Trinajstić information content (AvgIpc) is 2.85. The number of methoxy groups -OCH3 is 1. The van der Waals surface area contributed by atoms with Crippen molar-refractivity contribution in [1.82, 2.24) is 10.3 Å². The van der Waals surface area contributed by atoms with E-state index in [2.05, 4.69) is 17.2 Å². The molecule has 0 saturated heterocycles. The summed E-state index contributed by atoms with van der Waals surface area (Å²) in [5.74, 6) is 1.92. The second kappa shape index (κ2) is 6.92. The van der Waals surface area contributed by atoms with E-state index in [4.69, 9.17) is 9.15 Å². The van der Waals surface area contributed by atoms with Gasteiger partial charge < -0.3 is 14.5 Å². The maximum Gasteiger partial charge on any atom is 0.251 e. The minimum atomic E-state index is -0.165. The third-order valence-corrected chi connectivity index (χ3v) is 3.14. The predicted molar refractivity (Wildman–Crippen MR) is 79.4 cm³/mol. The van der Waals surface area contributed by atoms with E-state index in [0.717, 1.165) is 24.4 Å². The number of aryl methyl sites for hydroxylation is 2. The molecule has 0 radical (unpaired) electrons. The van der Waals surface area contributed by atoms with Gasteiger partial charge in [0.25, 0.3) is 5.91 Å². The normalized spacial score (nSPS) is 10.4. The van der Waals surface area contributed by atoms with Crippen LogP contribution >= 0.6 is 0 Å². The fourth-order valence-electron chi connectivity index (χ4n) is 2.00. The van der Waals surface area contributed by atoms with Crippen LogP contribution in [-0.2, 0) is 13.0 Å². The zero-order valence-electron chi connectivity index (χ0n) is 12.6. The number of carbonyl (C=O) groups is 1. The van der Waals surface area contributed by atoms with Gasteiger partial charge in [0, 0.05) is 12.0 Å². The van der Waals surface area contributed by atoms with Crippen LogP contribution in [0.3, 0.4) is 0 Å². The first-order valence-electron chi connectivity index (χ1n) is 7.01. The van der Waals surface area contributed by atoms with Crippen molar-refractivity contribution in [3.05, 3.63) is 47.2 Å². The van der Waals surface area contributed by atoms with E-state index in [-0.39, 0.29) is 5.91 Å². The number of benzene rings is 1. The lowest BCUT2D eigenvalue weighted by molar-refractivity contribution is 0.0947. The molecule has 5 nitrogen and oxygen atoms in total. The number of nitrogens with one attached hydrogen (secondary N) is 1. The summed E-state index contributed by atoms with van der Waals surface area (Å²) in [5, 5.41) is 2.83. The highest BCUT2D eigenvalue weighted by molar-refractivity contribution is 5.94. The topological polar surface area (TPSA) is 64.4 Å². The molecule has 0 aliphatic carbocycles. The van der Waals surface area contributed by atoms with Gasteiger partial charge in [-0.15, -0.1) is 0 Å². The van der Waals surface area contributed by atoms with Crippen molar-refractivity contribution >= 4 is 5.91 Å². The molecule has 5 heteroatoms. The van der Waals surface area contributed by atoms with Crippen LogP contribution < -0.4 is 10.1 Å². The number of amides is 1. The lowest BCUT2D eigenvalue weighted by Crippen LogP contribution is -2.22. The highest BCUT2D eigenvalue weighted by Gasteiger charge is 2.11. The van der Waals surface area contributed by atoms with Gasteiger partial charge in [-0.1, -0.05) is 13.0 Å². The summed E-state index contributed by atoms with van der Waals surface area (Å²) in [6, 6.07) is 7.03. The fourth-order valence-corrected chi connectivity index (χ4v) is 2.00. The lowest BCUT2D eigenvalue weighted by atomic mass is 10.2. The molecule has 0 fully saturated rings. The number of aromatic nitrogens is 1. The minimum Gasteiger partial charge on any atom is -0.497 e. The molecule has 0 aliphatic rings. The van der Waals surface area contributed by atoms with E-state index >= 15 is 0 Å². The van der Waals surface area contributed by atoms with Gasteiger partial charge in [-0.25, -0.2) is 4.98 Å². The van der Waals surface area contributed by atoms with Gasteiger partial charge in [0.15, 0.2) is 5.89 Å². The molecular weight excluding hydrogens is 268 g/mol. The summed E-state index contributed by atoms with van der Waals surface area (Å²) in [6.07, 6.45) is 1.79. The number of hydrogen-bond acceptors (Lipinski definition) is 4. The molecular formula is C16H20N2O3. The molecule has 0 unspecified atom stereocenters. The predicted octanol–water partition coefficient (Wildman–Crippen LogP) is 2.87. The zero-order valence-corrected chi connectivity index (χ0v) is 12.6. The summed E-state index contributed by atoms with van der Waals surface area (Å²) in [5.41, 5.74) is 1.38. The van der Waals surface area contributed by atoms with Crippen molar-refractivity contribution in [2.24, 2.45) is 0 Å². The average molecular weight is 288 g/mol. The van der Waals surface area contributed by atoms with Gasteiger partial charge in [-0.2, -0.15) is 0 Å². The maximum atomic E-state index is 12.1. The molecule has 1 amide bonds. The number of ether oxygens (including phenoxy) is 1. The van der Waals surface area contributed by atoms with Crippen LogP contribution in [-0.4, -0.2) is 18.0 Å². The van der Waals surface area contributed by atoms with Gasteiger partial charge in [0.1, 0.15) is 11.5 Å². The quantitative estimate of drug-likeness (QED) is 0.887. The Kier molecular flexibility index (Phi) is 4.98. The monoisotopic (exact) mass is 288 g/mol. The molecule has 21 heavy (non-hydrogen) atoms. The van der Waals surface area contributed by atoms with Gasteiger partial charge in [-0.05, 0) is 31.5 Å². The van der Waals surface area contributed by atoms with E-state index in [1.54, 1.807) is 31.4 Å². The van der Waals surface area contributed by atoms with Crippen LogP contribution in [0, 0.1) is 6.92 Å². The van der Waals surface area contributed by atoms with Crippen molar-refractivity contribution in [3.8, 4) is 5.75 Å². The van der Waals surface area contributed by atoms with E-state index in [1.165, 1.54) is 0 Å². The lowest BCUT2D eigenvalue weighted by Gasteiger charge is -2.05. The molecule has 2 rings (SSSR count).